The highest BCUT2D eigenvalue weighted by Crippen LogP contribution is 2.60. The van der Waals surface area contributed by atoms with Crippen LogP contribution in [0.25, 0.3) is 0 Å². The first-order valence-electron chi connectivity index (χ1n) is 11.6. The molecule has 160 valence electrons. The highest BCUT2D eigenvalue weighted by Gasteiger charge is 2.65. The fraction of sp³-hybridized carbons (Fsp3) is 0.955. The minimum absolute atomic E-state index is 0.327. The highest BCUT2D eigenvalue weighted by molar-refractivity contribution is 5.80. The molecule has 6 nitrogen and oxygen atoms in total. The number of ether oxygens (including phenoxy) is 2. The molecule has 4 aliphatic rings. The standard InChI is InChI=1S/C22H40N4O2/c1-16(2)27-15-13-26-11-6-17(7-12-26)24-21(23-3)25-19-18-8-14-28-20(18)22(19)9-4-5-10-22/h16-20H,4-15H2,1-3H3,(H2,23,24,25). The molecular formula is C22H40N4O2. The van der Waals surface area contributed by atoms with Crippen LogP contribution in [0.4, 0.5) is 0 Å². The molecule has 2 aliphatic carbocycles. The van der Waals surface area contributed by atoms with Crippen LogP contribution in [0.1, 0.15) is 58.8 Å². The summed E-state index contributed by atoms with van der Waals surface area (Å²) in [6.45, 7) is 9.32. The van der Waals surface area contributed by atoms with Crippen LogP contribution < -0.4 is 10.6 Å². The first kappa shape index (κ1) is 20.4. The smallest absolute Gasteiger partial charge is 0.191 e. The molecule has 3 atom stereocenters. The fourth-order valence-corrected chi connectivity index (χ4v) is 6.13. The van der Waals surface area contributed by atoms with Crippen LogP contribution in [-0.4, -0.2) is 75.0 Å². The average Bonchev–Trinajstić information content (AvgIpc) is 3.35. The summed E-state index contributed by atoms with van der Waals surface area (Å²) in [4.78, 5) is 7.11. The summed E-state index contributed by atoms with van der Waals surface area (Å²) >= 11 is 0. The Hall–Kier alpha value is -0.850. The number of guanidine groups is 1. The van der Waals surface area contributed by atoms with Gasteiger partial charge in [0, 0.05) is 56.7 Å². The van der Waals surface area contributed by atoms with Gasteiger partial charge in [-0.1, -0.05) is 12.8 Å². The number of piperidine rings is 1. The first-order chi connectivity index (χ1) is 13.6. The van der Waals surface area contributed by atoms with E-state index in [1.807, 2.05) is 7.05 Å². The molecule has 0 amide bonds. The Bertz CT molecular complexity index is 539. The molecule has 1 spiro atoms. The van der Waals surface area contributed by atoms with Crippen LogP contribution in [0.5, 0.6) is 0 Å². The van der Waals surface area contributed by atoms with Gasteiger partial charge in [0.05, 0.1) is 18.8 Å². The Morgan fingerprint density at radius 3 is 2.61 bits per heavy atom. The number of likely N-dealkylation sites (tertiary alicyclic amines) is 1. The van der Waals surface area contributed by atoms with Gasteiger partial charge in [0.25, 0.3) is 0 Å². The van der Waals surface area contributed by atoms with Crippen LogP contribution in [-0.2, 0) is 9.47 Å². The van der Waals surface area contributed by atoms with Crippen molar-refractivity contribution < 1.29 is 9.47 Å². The third-order valence-electron chi connectivity index (χ3n) is 7.59. The number of nitrogens with one attached hydrogen (secondary N) is 2. The van der Waals surface area contributed by atoms with Gasteiger partial charge in [-0.25, -0.2) is 0 Å². The molecule has 2 N–H and O–H groups in total. The summed E-state index contributed by atoms with van der Waals surface area (Å²) < 4.78 is 11.8. The topological polar surface area (TPSA) is 58.1 Å². The Morgan fingerprint density at radius 1 is 1.18 bits per heavy atom. The summed E-state index contributed by atoms with van der Waals surface area (Å²) in [6, 6.07) is 1.06. The maximum Gasteiger partial charge on any atom is 0.191 e. The predicted molar refractivity (Wildman–Crippen MR) is 113 cm³/mol. The van der Waals surface area contributed by atoms with Gasteiger partial charge in [0.2, 0.25) is 0 Å². The first-order valence-corrected chi connectivity index (χ1v) is 11.6. The number of hydrogen-bond acceptors (Lipinski definition) is 4. The normalized spacial score (nSPS) is 33.3. The van der Waals surface area contributed by atoms with E-state index in [2.05, 4.69) is 34.4 Å². The van der Waals surface area contributed by atoms with Gasteiger partial charge in [-0.05, 0) is 46.0 Å². The minimum Gasteiger partial charge on any atom is -0.377 e. The van der Waals surface area contributed by atoms with Crippen molar-refractivity contribution in [3.63, 3.8) is 0 Å². The summed E-state index contributed by atoms with van der Waals surface area (Å²) in [5.74, 6) is 1.68. The second kappa shape index (κ2) is 8.88. The van der Waals surface area contributed by atoms with E-state index in [0.29, 0.717) is 35.6 Å². The lowest BCUT2D eigenvalue weighted by atomic mass is 9.54. The fourth-order valence-electron chi connectivity index (χ4n) is 6.13. The Morgan fingerprint density at radius 2 is 1.93 bits per heavy atom. The van der Waals surface area contributed by atoms with Gasteiger partial charge in [0.15, 0.2) is 5.96 Å². The Balaban J connectivity index is 1.25. The molecule has 6 heteroatoms. The molecule has 0 bridgehead atoms. The summed E-state index contributed by atoms with van der Waals surface area (Å²) in [7, 11) is 1.91. The van der Waals surface area contributed by atoms with Crippen molar-refractivity contribution in [1.29, 1.82) is 0 Å². The predicted octanol–water partition coefficient (Wildman–Crippen LogP) is 2.39. The molecule has 2 saturated heterocycles. The SMILES string of the molecule is CN=C(NC1CCN(CCOC(C)C)CC1)NC1C2CCOC2C12CCCC2. The van der Waals surface area contributed by atoms with Crippen LogP contribution in [0, 0.1) is 11.3 Å². The molecule has 0 radical (unpaired) electrons. The molecule has 2 aliphatic heterocycles. The average molecular weight is 393 g/mol. The Kier molecular flexibility index (Phi) is 6.48. The van der Waals surface area contributed by atoms with Crippen LogP contribution in [0.3, 0.4) is 0 Å². The molecule has 0 aromatic heterocycles. The van der Waals surface area contributed by atoms with Crippen molar-refractivity contribution in [1.82, 2.24) is 15.5 Å². The van der Waals surface area contributed by atoms with Crippen molar-refractivity contribution in [3.05, 3.63) is 0 Å². The van der Waals surface area contributed by atoms with Crippen LogP contribution >= 0.6 is 0 Å². The number of nitrogens with zero attached hydrogens (tertiary/aromatic N) is 2. The van der Waals surface area contributed by atoms with Gasteiger partial charge in [0.1, 0.15) is 0 Å². The zero-order valence-corrected chi connectivity index (χ0v) is 18.1. The van der Waals surface area contributed by atoms with Crippen LogP contribution in [0.15, 0.2) is 4.99 Å². The second-order valence-corrected chi connectivity index (χ2v) is 9.56. The van der Waals surface area contributed by atoms with Crippen LogP contribution in [0.2, 0.25) is 0 Å². The van der Waals surface area contributed by atoms with E-state index in [1.165, 1.54) is 44.9 Å². The molecular weight excluding hydrogens is 352 g/mol. The largest absolute Gasteiger partial charge is 0.377 e. The zero-order chi connectivity index (χ0) is 19.6. The van der Waals surface area contributed by atoms with Crippen molar-refractivity contribution in [2.45, 2.75) is 83.1 Å². The molecule has 2 heterocycles. The second-order valence-electron chi connectivity index (χ2n) is 9.56. The maximum absolute atomic E-state index is 6.13. The minimum atomic E-state index is 0.327. The van der Waals surface area contributed by atoms with E-state index in [1.54, 1.807) is 0 Å². The lowest BCUT2D eigenvalue weighted by molar-refractivity contribution is -0.125. The third kappa shape index (κ3) is 4.05. The molecule has 28 heavy (non-hydrogen) atoms. The summed E-state index contributed by atoms with van der Waals surface area (Å²) in [5.41, 5.74) is 0.374. The number of fused-ring (bicyclic) bond motifs is 2. The lowest BCUT2D eigenvalue weighted by Crippen LogP contribution is -2.69. The molecule has 0 aromatic carbocycles. The van der Waals surface area contributed by atoms with Gasteiger partial charge in [-0.15, -0.1) is 0 Å². The number of hydrogen-bond donors (Lipinski definition) is 2. The van der Waals surface area contributed by atoms with E-state index in [0.717, 1.165) is 38.8 Å². The Labute approximate surface area is 170 Å². The van der Waals surface area contributed by atoms with E-state index in [9.17, 15) is 0 Å². The van der Waals surface area contributed by atoms with Gasteiger partial charge >= 0.3 is 0 Å². The van der Waals surface area contributed by atoms with Gasteiger partial charge < -0.3 is 25.0 Å². The third-order valence-corrected chi connectivity index (χ3v) is 7.59. The van der Waals surface area contributed by atoms with Gasteiger partial charge in [-0.2, -0.15) is 0 Å². The maximum atomic E-state index is 6.13. The van der Waals surface area contributed by atoms with Gasteiger partial charge in [-0.3, -0.25) is 4.99 Å². The van der Waals surface area contributed by atoms with E-state index < -0.39 is 0 Å². The molecule has 4 fully saturated rings. The van der Waals surface area contributed by atoms with Crippen molar-refractivity contribution in [3.8, 4) is 0 Å². The number of aliphatic imine (C=N–C) groups is 1. The monoisotopic (exact) mass is 392 g/mol. The van der Waals surface area contributed by atoms with E-state index >= 15 is 0 Å². The quantitative estimate of drug-likeness (QED) is 0.537. The summed E-state index contributed by atoms with van der Waals surface area (Å²) in [6.07, 6.45) is 9.73. The zero-order valence-electron chi connectivity index (χ0n) is 18.1. The molecule has 4 rings (SSSR count). The number of rotatable bonds is 6. The van der Waals surface area contributed by atoms with Crippen molar-refractivity contribution in [2.75, 3.05) is 39.9 Å². The lowest BCUT2D eigenvalue weighted by Gasteiger charge is -2.57. The van der Waals surface area contributed by atoms with E-state index in [-0.39, 0.29) is 0 Å². The molecule has 2 saturated carbocycles. The summed E-state index contributed by atoms with van der Waals surface area (Å²) in [5, 5.41) is 7.56. The van der Waals surface area contributed by atoms with Crippen molar-refractivity contribution in [2.24, 2.45) is 16.3 Å². The molecule has 3 unspecified atom stereocenters. The van der Waals surface area contributed by atoms with E-state index in [4.69, 9.17) is 9.47 Å². The molecule has 0 aromatic rings. The van der Waals surface area contributed by atoms with Crippen molar-refractivity contribution >= 4 is 5.96 Å². The highest BCUT2D eigenvalue weighted by atomic mass is 16.5.